The normalized spacial score (nSPS) is 17.9. The van der Waals surface area contributed by atoms with E-state index in [1.165, 1.54) is 0 Å². The molecule has 3 unspecified atom stereocenters. The molecular weight excluding hydrogens is 605 g/mol. The van der Waals surface area contributed by atoms with Crippen molar-refractivity contribution in [2.75, 3.05) is 5.75 Å². The Kier molecular flexibility index (Phi) is 9.60. The Bertz CT molecular complexity index is 1840. The lowest BCUT2D eigenvalue weighted by Gasteiger charge is -2.36. The molecule has 0 amide bonds. The highest BCUT2D eigenvalue weighted by molar-refractivity contribution is 7.99. The van der Waals surface area contributed by atoms with E-state index < -0.39 is 6.29 Å². The lowest BCUT2D eigenvalue weighted by atomic mass is 9.99. The molecule has 0 radical (unpaired) electrons. The number of hydrogen-bond acceptors (Lipinski definition) is 7. The van der Waals surface area contributed by atoms with Gasteiger partial charge in [0.25, 0.3) is 5.22 Å². The van der Waals surface area contributed by atoms with Gasteiger partial charge in [-0.25, -0.2) is 4.98 Å². The number of ether oxygens (including phenoxy) is 2. The minimum atomic E-state index is -0.550. The van der Waals surface area contributed by atoms with Crippen molar-refractivity contribution in [1.82, 2.24) is 4.98 Å². The average Bonchev–Trinajstić information content (AvgIpc) is 3.59. The van der Waals surface area contributed by atoms with Gasteiger partial charge in [0.1, 0.15) is 5.69 Å². The third-order valence-corrected chi connectivity index (χ3v) is 9.34. The molecule has 47 heavy (non-hydrogen) atoms. The second-order valence-electron chi connectivity index (χ2n) is 11.6. The molecule has 0 saturated carbocycles. The van der Waals surface area contributed by atoms with Crippen LogP contribution in [0.25, 0.3) is 33.7 Å². The van der Waals surface area contributed by atoms with Crippen LogP contribution in [-0.2, 0) is 22.6 Å². The number of hydrogen-bond donors (Lipinski definition) is 2. The van der Waals surface area contributed by atoms with Gasteiger partial charge in [-0.1, -0.05) is 139 Å². The molecule has 1 fully saturated rings. The van der Waals surface area contributed by atoms with Gasteiger partial charge in [-0.3, -0.25) is 0 Å². The number of aliphatic hydroxyl groups is 1. The zero-order chi connectivity index (χ0) is 32.0. The quantitative estimate of drug-likeness (QED) is 0.145. The number of nitrogens with zero attached hydrogens (tertiary/aromatic N) is 1. The predicted molar refractivity (Wildman–Crippen MR) is 186 cm³/mol. The number of nitrogens with two attached hydrogens (primary N) is 1. The van der Waals surface area contributed by atoms with Crippen LogP contribution in [0.1, 0.15) is 41.1 Å². The number of rotatable bonds is 10. The van der Waals surface area contributed by atoms with E-state index in [0.29, 0.717) is 23.9 Å². The summed E-state index contributed by atoms with van der Waals surface area (Å²) in [7, 11) is 0. The average molecular weight is 641 g/mol. The van der Waals surface area contributed by atoms with E-state index >= 15 is 0 Å². The molecule has 6 aromatic rings. The number of aromatic nitrogens is 1. The minimum Gasteiger partial charge on any atom is -0.431 e. The summed E-state index contributed by atoms with van der Waals surface area (Å²) in [5, 5.41) is 10.2. The van der Waals surface area contributed by atoms with E-state index in [4.69, 9.17) is 24.6 Å². The summed E-state index contributed by atoms with van der Waals surface area (Å²) in [5.74, 6) is 1.39. The van der Waals surface area contributed by atoms with E-state index in [1.54, 1.807) is 11.8 Å². The first-order valence-corrected chi connectivity index (χ1v) is 16.8. The largest absolute Gasteiger partial charge is 0.431 e. The maximum atomic E-state index is 9.58. The fourth-order valence-corrected chi connectivity index (χ4v) is 6.68. The van der Waals surface area contributed by atoms with Crippen LogP contribution in [0, 0.1) is 0 Å². The number of thioether (sulfide) groups is 1. The number of oxazole rings is 1. The van der Waals surface area contributed by atoms with Crippen LogP contribution in [0.5, 0.6) is 0 Å². The summed E-state index contributed by atoms with van der Waals surface area (Å²) in [4.78, 5) is 4.94. The second-order valence-corrected chi connectivity index (χ2v) is 12.5. The third kappa shape index (κ3) is 7.25. The fourth-order valence-electron chi connectivity index (χ4n) is 5.84. The Labute approximate surface area is 279 Å². The van der Waals surface area contributed by atoms with Crippen LogP contribution in [0.3, 0.4) is 0 Å². The summed E-state index contributed by atoms with van der Waals surface area (Å²) >= 11 is 1.55. The smallest absolute Gasteiger partial charge is 0.256 e. The van der Waals surface area contributed by atoms with Gasteiger partial charge in [-0.15, -0.1) is 0 Å². The third-order valence-electron chi connectivity index (χ3n) is 8.38. The molecule has 0 spiro atoms. The lowest BCUT2D eigenvalue weighted by molar-refractivity contribution is -0.245. The molecular formula is C40H36N2O4S. The Morgan fingerprint density at radius 1 is 0.681 bits per heavy atom. The molecule has 3 atom stereocenters. The molecule has 2 heterocycles. The number of aliphatic hydroxyl groups excluding tert-OH is 1. The van der Waals surface area contributed by atoms with Crippen molar-refractivity contribution in [3.63, 3.8) is 0 Å². The molecule has 5 aromatic carbocycles. The highest BCUT2D eigenvalue weighted by atomic mass is 32.2. The van der Waals surface area contributed by atoms with E-state index in [9.17, 15) is 5.11 Å². The van der Waals surface area contributed by atoms with Crippen LogP contribution in [0.15, 0.2) is 143 Å². The van der Waals surface area contributed by atoms with Crippen LogP contribution in [0.2, 0.25) is 0 Å². The zero-order valence-corrected chi connectivity index (χ0v) is 26.7. The molecule has 7 rings (SSSR count). The highest BCUT2D eigenvalue weighted by Crippen LogP contribution is 2.41. The Balaban J connectivity index is 1.14. The van der Waals surface area contributed by atoms with E-state index in [2.05, 4.69) is 48.5 Å². The summed E-state index contributed by atoms with van der Waals surface area (Å²) in [6.45, 7) is 0.508. The van der Waals surface area contributed by atoms with Crippen molar-refractivity contribution in [1.29, 1.82) is 0 Å². The zero-order valence-electron chi connectivity index (χ0n) is 25.9. The molecule has 6 nitrogen and oxygen atoms in total. The van der Waals surface area contributed by atoms with Crippen LogP contribution in [0.4, 0.5) is 0 Å². The SMILES string of the molecule is NCc1cccc(-c2ccc(C3OC(CSc4nc(-c5ccccc5)c(-c5ccccc5)o4)CC(c4ccc(CO)cc4)O3)cc2)c1. The topological polar surface area (TPSA) is 90.7 Å². The van der Waals surface area contributed by atoms with Crippen molar-refractivity contribution in [3.05, 3.63) is 156 Å². The molecule has 1 saturated heterocycles. The van der Waals surface area contributed by atoms with Gasteiger partial charge in [0.15, 0.2) is 12.1 Å². The first-order valence-electron chi connectivity index (χ1n) is 15.8. The van der Waals surface area contributed by atoms with E-state index in [0.717, 1.165) is 56.0 Å². The van der Waals surface area contributed by atoms with Crippen molar-refractivity contribution in [3.8, 4) is 33.7 Å². The minimum absolute atomic E-state index is 0.00340. The summed E-state index contributed by atoms with van der Waals surface area (Å²) in [6.07, 6.45) is -0.193. The highest BCUT2D eigenvalue weighted by Gasteiger charge is 2.33. The molecule has 1 aromatic heterocycles. The number of benzene rings is 5. The fraction of sp³-hybridized carbons (Fsp3) is 0.175. The van der Waals surface area contributed by atoms with Gasteiger partial charge in [-0.05, 0) is 33.9 Å². The van der Waals surface area contributed by atoms with Gasteiger partial charge in [0.05, 0.1) is 18.8 Å². The Morgan fingerprint density at radius 3 is 2.06 bits per heavy atom. The van der Waals surface area contributed by atoms with Crippen molar-refractivity contribution in [2.24, 2.45) is 5.73 Å². The maximum Gasteiger partial charge on any atom is 0.256 e. The molecule has 1 aliphatic rings. The summed E-state index contributed by atoms with van der Waals surface area (Å²) in [6, 6.07) is 44.8. The molecule has 0 bridgehead atoms. The van der Waals surface area contributed by atoms with Crippen molar-refractivity contribution in [2.45, 2.75) is 43.3 Å². The maximum absolute atomic E-state index is 9.58. The van der Waals surface area contributed by atoms with Crippen LogP contribution < -0.4 is 5.73 Å². The van der Waals surface area contributed by atoms with Gasteiger partial charge >= 0.3 is 0 Å². The molecule has 236 valence electrons. The molecule has 7 heteroatoms. The van der Waals surface area contributed by atoms with Crippen molar-refractivity contribution < 1.29 is 19.0 Å². The summed E-state index contributed by atoms with van der Waals surface area (Å²) in [5.41, 5.74) is 14.9. The molecule has 1 aliphatic heterocycles. The predicted octanol–water partition coefficient (Wildman–Crippen LogP) is 8.96. The molecule has 0 aliphatic carbocycles. The van der Waals surface area contributed by atoms with E-state index in [-0.39, 0.29) is 18.8 Å². The van der Waals surface area contributed by atoms with Gasteiger partial charge < -0.3 is 24.7 Å². The first kappa shape index (κ1) is 31.1. The van der Waals surface area contributed by atoms with Crippen molar-refractivity contribution >= 4 is 11.8 Å². The van der Waals surface area contributed by atoms with Gasteiger partial charge in [-0.2, -0.15) is 0 Å². The molecule has 3 N–H and O–H groups in total. The monoisotopic (exact) mass is 640 g/mol. The lowest BCUT2D eigenvalue weighted by Crippen LogP contribution is -2.31. The van der Waals surface area contributed by atoms with Gasteiger partial charge in [0.2, 0.25) is 0 Å². The summed E-state index contributed by atoms with van der Waals surface area (Å²) < 4.78 is 19.6. The van der Waals surface area contributed by atoms with E-state index in [1.807, 2.05) is 84.9 Å². The van der Waals surface area contributed by atoms with Crippen LogP contribution in [-0.4, -0.2) is 21.9 Å². The standard InChI is InChI=1S/C40H36N2O4S/c41-24-28-8-7-13-34(22-28)29-18-20-33(21-19-29)39-44-35(23-36(45-39)30-16-14-27(25-43)15-17-30)26-47-40-42-37(31-9-3-1-4-10-31)38(46-40)32-11-5-2-6-12-32/h1-22,35-36,39,43H,23-26,41H2. The Morgan fingerprint density at radius 2 is 1.36 bits per heavy atom. The van der Waals surface area contributed by atoms with Gasteiger partial charge in [0, 0.05) is 35.4 Å². The Hall–Kier alpha value is -4.50. The first-order chi connectivity index (χ1) is 23.2. The second kappa shape index (κ2) is 14.5. The van der Waals surface area contributed by atoms with Crippen LogP contribution >= 0.6 is 11.8 Å².